The normalized spacial score (nSPS) is 10.1. The third-order valence-electron chi connectivity index (χ3n) is 1.80. The summed E-state index contributed by atoms with van der Waals surface area (Å²) in [6.45, 7) is 0.181. The van der Waals surface area contributed by atoms with E-state index in [-0.39, 0.29) is 17.6 Å². The fourth-order valence-corrected chi connectivity index (χ4v) is 1.27. The minimum Gasteiger partial charge on any atom is -0.344 e. The van der Waals surface area contributed by atoms with Crippen LogP contribution < -0.4 is 5.32 Å². The van der Waals surface area contributed by atoms with Crippen LogP contribution in [0.1, 0.15) is 16.2 Å². The van der Waals surface area contributed by atoms with E-state index in [1.165, 1.54) is 6.20 Å². The maximum absolute atomic E-state index is 11.6. The molecule has 2 rings (SSSR count). The summed E-state index contributed by atoms with van der Waals surface area (Å²) in [6, 6.07) is 3.22. The van der Waals surface area contributed by atoms with Crippen molar-refractivity contribution in [2.45, 2.75) is 6.54 Å². The van der Waals surface area contributed by atoms with E-state index in [1.807, 2.05) is 0 Å². The van der Waals surface area contributed by atoms with Crippen molar-refractivity contribution in [2.24, 2.45) is 0 Å². The molecule has 16 heavy (non-hydrogen) atoms. The predicted octanol–water partition coefficient (Wildman–Crippen LogP) is 0.178. The number of nitrogens with zero attached hydrogens (tertiary/aromatic N) is 4. The van der Waals surface area contributed by atoms with Gasteiger partial charge in [0.15, 0.2) is 5.82 Å². The van der Waals surface area contributed by atoms with Gasteiger partial charge in [-0.25, -0.2) is 4.98 Å². The molecule has 0 aliphatic carbocycles. The standard InChI is InChI=1S/C8H7ClN6O/c9-7-5(2-1-3-10-7)8(16)11-4-6-12-14-15-13-6/h1-3H,4H2,(H,11,16)(H,12,13,14,15). The summed E-state index contributed by atoms with van der Waals surface area (Å²) in [5, 5.41) is 15.8. The number of H-pyrrole nitrogens is 1. The molecule has 82 valence electrons. The molecule has 0 aliphatic rings. The number of amides is 1. The first kappa shape index (κ1) is 10.5. The van der Waals surface area contributed by atoms with Gasteiger partial charge in [-0.2, -0.15) is 5.21 Å². The van der Waals surface area contributed by atoms with Gasteiger partial charge < -0.3 is 5.32 Å². The minimum atomic E-state index is -0.331. The Morgan fingerprint density at radius 3 is 3.12 bits per heavy atom. The van der Waals surface area contributed by atoms with Crippen molar-refractivity contribution < 1.29 is 4.79 Å². The maximum atomic E-state index is 11.6. The first-order valence-corrected chi connectivity index (χ1v) is 4.76. The van der Waals surface area contributed by atoms with E-state index >= 15 is 0 Å². The highest BCUT2D eigenvalue weighted by molar-refractivity contribution is 6.32. The molecule has 1 amide bonds. The summed E-state index contributed by atoms with van der Waals surface area (Å²) < 4.78 is 0. The lowest BCUT2D eigenvalue weighted by atomic mass is 10.2. The molecule has 0 radical (unpaired) electrons. The molecule has 2 N–H and O–H groups in total. The van der Waals surface area contributed by atoms with Crippen LogP contribution in [0.2, 0.25) is 5.15 Å². The van der Waals surface area contributed by atoms with Gasteiger partial charge in [0.25, 0.3) is 5.91 Å². The van der Waals surface area contributed by atoms with E-state index in [2.05, 4.69) is 30.9 Å². The van der Waals surface area contributed by atoms with Gasteiger partial charge in [-0.15, -0.1) is 10.2 Å². The van der Waals surface area contributed by atoms with Gasteiger partial charge in [0.1, 0.15) is 5.15 Å². The zero-order chi connectivity index (χ0) is 11.4. The van der Waals surface area contributed by atoms with E-state index in [0.29, 0.717) is 11.4 Å². The van der Waals surface area contributed by atoms with Crippen molar-refractivity contribution in [3.8, 4) is 0 Å². The number of hydrogen-bond acceptors (Lipinski definition) is 5. The van der Waals surface area contributed by atoms with Gasteiger partial charge in [-0.1, -0.05) is 16.8 Å². The predicted molar refractivity (Wildman–Crippen MR) is 54.6 cm³/mol. The monoisotopic (exact) mass is 238 g/mol. The summed E-state index contributed by atoms with van der Waals surface area (Å²) in [5.74, 6) is 0.0660. The molecule has 0 unspecified atom stereocenters. The summed E-state index contributed by atoms with van der Waals surface area (Å²) in [6.07, 6.45) is 1.51. The Morgan fingerprint density at radius 2 is 2.44 bits per heavy atom. The van der Waals surface area contributed by atoms with E-state index in [9.17, 15) is 4.79 Å². The Hall–Kier alpha value is -2.02. The fraction of sp³-hybridized carbons (Fsp3) is 0.125. The van der Waals surface area contributed by atoms with Crippen molar-refractivity contribution in [3.05, 3.63) is 34.9 Å². The van der Waals surface area contributed by atoms with E-state index in [1.54, 1.807) is 12.1 Å². The number of aromatic amines is 1. The molecule has 2 heterocycles. The van der Waals surface area contributed by atoms with Crippen LogP contribution >= 0.6 is 11.6 Å². The van der Waals surface area contributed by atoms with Gasteiger partial charge in [0.2, 0.25) is 0 Å². The zero-order valence-electron chi connectivity index (χ0n) is 8.01. The van der Waals surface area contributed by atoms with Gasteiger partial charge in [0.05, 0.1) is 12.1 Å². The Morgan fingerprint density at radius 1 is 1.56 bits per heavy atom. The third-order valence-corrected chi connectivity index (χ3v) is 2.10. The van der Waals surface area contributed by atoms with Crippen LogP contribution in [0, 0.1) is 0 Å². The van der Waals surface area contributed by atoms with Gasteiger partial charge in [0, 0.05) is 6.20 Å². The van der Waals surface area contributed by atoms with E-state index < -0.39 is 0 Å². The summed E-state index contributed by atoms with van der Waals surface area (Å²) >= 11 is 5.76. The molecule has 0 fully saturated rings. The van der Waals surface area contributed by atoms with Gasteiger partial charge in [-0.05, 0) is 12.1 Å². The number of carbonyl (C=O) groups excluding carboxylic acids is 1. The van der Waals surface area contributed by atoms with Crippen LogP contribution in [0.3, 0.4) is 0 Å². The molecular weight excluding hydrogens is 232 g/mol. The van der Waals surface area contributed by atoms with Crippen LogP contribution in [0.4, 0.5) is 0 Å². The lowest BCUT2D eigenvalue weighted by Crippen LogP contribution is -2.23. The molecule has 0 aliphatic heterocycles. The van der Waals surface area contributed by atoms with Crippen molar-refractivity contribution in [3.63, 3.8) is 0 Å². The quantitative estimate of drug-likeness (QED) is 0.744. The van der Waals surface area contributed by atoms with Crippen LogP contribution in [-0.2, 0) is 6.54 Å². The molecule has 0 atom stereocenters. The maximum Gasteiger partial charge on any atom is 0.254 e. The highest BCUT2D eigenvalue weighted by Crippen LogP contribution is 2.10. The first-order valence-electron chi connectivity index (χ1n) is 4.38. The third kappa shape index (κ3) is 2.31. The average molecular weight is 239 g/mol. The molecule has 0 aromatic carbocycles. The number of aromatic nitrogens is 5. The summed E-state index contributed by atoms with van der Waals surface area (Å²) in [5.41, 5.74) is 0.313. The number of tetrazole rings is 1. The Bertz CT molecular complexity index is 485. The van der Waals surface area contributed by atoms with E-state index in [4.69, 9.17) is 11.6 Å². The Kier molecular flexibility index (Phi) is 3.06. The first-order chi connectivity index (χ1) is 7.77. The molecule has 0 saturated heterocycles. The number of hydrogen-bond donors (Lipinski definition) is 2. The van der Waals surface area contributed by atoms with Crippen LogP contribution in [0.25, 0.3) is 0 Å². The highest BCUT2D eigenvalue weighted by Gasteiger charge is 2.10. The van der Waals surface area contributed by atoms with Crippen molar-refractivity contribution in [1.82, 2.24) is 30.9 Å². The second kappa shape index (κ2) is 4.67. The average Bonchev–Trinajstić information content (AvgIpc) is 2.79. The lowest BCUT2D eigenvalue weighted by Gasteiger charge is -2.02. The molecule has 2 aromatic rings. The van der Waals surface area contributed by atoms with Crippen molar-refractivity contribution in [2.75, 3.05) is 0 Å². The highest BCUT2D eigenvalue weighted by atomic mass is 35.5. The SMILES string of the molecule is O=C(NCc1nn[nH]n1)c1cccnc1Cl. The second-order valence-electron chi connectivity index (χ2n) is 2.85. The summed E-state index contributed by atoms with van der Waals surface area (Å²) in [7, 11) is 0. The molecule has 7 nitrogen and oxygen atoms in total. The van der Waals surface area contributed by atoms with Gasteiger partial charge in [-0.3, -0.25) is 4.79 Å². The Labute approximate surface area is 95.2 Å². The number of pyridine rings is 1. The fourth-order valence-electron chi connectivity index (χ4n) is 1.07. The smallest absolute Gasteiger partial charge is 0.254 e. The number of nitrogens with one attached hydrogen (secondary N) is 2. The molecule has 2 aromatic heterocycles. The van der Waals surface area contributed by atoms with Crippen LogP contribution in [0.5, 0.6) is 0 Å². The van der Waals surface area contributed by atoms with Crippen LogP contribution in [-0.4, -0.2) is 31.5 Å². The zero-order valence-corrected chi connectivity index (χ0v) is 8.77. The number of rotatable bonds is 3. The Balaban J connectivity index is 2.01. The van der Waals surface area contributed by atoms with E-state index in [0.717, 1.165) is 0 Å². The van der Waals surface area contributed by atoms with Crippen LogP contribution in [0.15, 0.2) is 18.3 Å². The molecule has 8 heteroatoms. The molecule has 0 saturated carbocycles. The topological polar surface area (TPSA) is 96.5 Å². The number of halogens is 1. The second-order valence-corrected chi connectivity index (χ2v) is 3.21. The lowest BCUT2D eigenvalue weighted by molar-refractivity contribution is 0.0949. The van der Waals surface area contributed by atoms with Crippen molar-refractivity contribution in [1.29, 1.82) is 0 Å². The molecular formula is C8H7ClN6O. The minimum absolute atomic E-state index is 0.160. The number of carbonyl (C=O) groups is 1. The molecule has 0 bridgehead atoms. The molecule has 0 spiro atoms. The summed E-state index contributed by atoms with van der Waals surface area (Å²) in [4.78, 5) is 15.4. The van der Waals surface area contributed by atoms with Crippen molar-refractivity contribution >= 4 is 17.5 Å². The largest absolute Gasteiger partial charge is 0.344 e. The van der Waals surface area contributed by atoms with Gasteiger partial charge >= 0.3 is 0 Å².